The second-order valence-corrected chi connectivity index (χ2v) is 2.62. The maximum Gasteiger partial charge on any atom is 0.271 e. The van der Waals surface area contributed by atoms with E-state index in [2.05, 4.69) is 0 Å². The van der Waals surface area contributed by atoms with E-state index in [1.165, 1.54) is 0 Å². The minimum Gasteiger partial charge on any atom is -0.497 e. The van der Waals surface area contributed by atoms with Crippen LogP contribution in [-0.2, 0) is 4.79 Å². The molecule has 3 heteroatoms. The molecule has 13 heavy (non-hydrogen) atoms. The van der Waals surface area contributed by atoms with Crippen LogP contribution in [0.15, 0.2) is 28.7 Å². The normalized spacial score (nSPS) is 10.2. The first-order valence-electron chi connectivity index (χ1n) is 3.79. The Hall–Kier alpha value is -1.77. The molecule has 0 unspecified atom stereocenters. The first-order chi connectivity index (χ1) is 6.33. The molecular weight excluding hydrogens is 168 g/mol. The van der Waals surface area contributed by atoms with Gasteiger partial charge in [0.25, 0.3) is 6.29 Å². The molecule has 0 amide bonds. The summed E-state index contributed by atoms with van der Waals surface area (Å²) in [4.78, 5) is 10.3. The second kappa shape index (κ2) is 2.94. The number of ether oxygens (including phenoxy) is 1. The van der Waals surface area contributed by atoms with Gasteiger partial charge in [-0.1, -0.05) is 0 Å². The summed E-state index contributed by atoms with van der Waals surface area (Å²) in [6, 6.07) is 6.97. The van der Waals surface area contributed by atoms with E-state index in [1.54, 1.807) is 37.7 Å². The molecule has 0 fully saturated rings. The summed E-state index contributed by atoms with van der Waals surface area (Å²) in [5.74, 6) is 0.953. The van der Waals surface area contributed by atoms with Crippen LogP contribution >= 0.6 is 0 Å². The monoisotopic (exact) mass is 175 g/mol. The van der Waals surface area contributed by atoms with E-state index in [0.717, 1.165) is 11.1 Å². The van der Waals surface area contributed by atoms with Crippen molar-refractivity contribution in [3.05, 3.63) is 30.0 Å². The van der Waals surface area contributed by atoms with E-state index in [0.29, 0.717) is 5.58 Å². The number of hydrogen-bond acceptors (Lipinski definition) is 3. The number of rotatable bonds is 2. The second-order valence-electron chi connectivity index (χ2n) is 2.62. The zero-order chi connectivity index (χ0) is 9.26. The number of carbonyl (C=O) groups excluding carboxylic acids is 1. The van der Waals surface area contributed by atoms with Gasteiger partial charge in [-0.25, -0.2) is 0 Å². The molecule has 1 aromatic heterocycles. The maximum atomic E-state index is 10.3. The van der Waals surface area contributed by atoms with E-state index in [4.69, 9.17) is 9.15 Å². The van der Waals surface area contributed by atoms with Gasteiger partial charge in [0.2, 0.25) is 0 Å². The lowest BCUT2D eigenvalue weighted by molar-refractivity contribution is 0.415. The van der Waals surface area contributed by atoms with Crippen molar-refractivity contribution < 1.29 is 13.9 Å². The zero-order valence-corrected chi connectivity index (χ0v) is 7.03. The highest BCUT2D eigenvalue weighted by atomic mass is 16.5. The summed E-state index contributed by atoms with van der Waals surface area (Å²) in [5, 5.41) is 0.845. The SMILES string of the molecule is COc1ccc2oc([C]=O)cc2c1. The molecule has 0 aliphatic rings. The van der Waals surface area contributed by atoms with Gasteiger partial charge in [-0.3, -0.25) is 4.79 Å². The van der Waals surface area contributed by atoms with Gasteiger partial charge in [0.1, 0.15) is 11.3 Å². The van der Waals surface area contributed by atoms with Crippen molar-refractivity contribution in [1.29, 1.82) is 0 Å². The summed E-state index contributed by atoms with van der Waals surface area (Å²) in [6.45, 7) is 0. The van der Waals surface area contributed by atoms with Crippen molar-refractivity contribution in [3.8, 4) is 5.75 Å². The molecule has 1 radical (unpaired) electrons. The molecule has 1 aromatic carbocycles. The molecule has 1 heterocycles. The highest BCUT2D eigenvalue weighted by Gasteiger charge is 2.03. The molecule has 2 aromatic rings. The predicted molar refractivity (Wildman–Crippen MR) is 47.6 cm³/mol. The van der Waals surface area contributed by atoms with E-state index in [1.807, 2.05) is 0 Å². The van der Waals surface area contributed by atoms with Crippen molar-refractivity contribution in [1.82, 2.24) is 0 Å². The number of benzene rings is 1. The van der Waals surface area contributed by atoms with Crippen LogP contribution < -0.4 is 4.74 Å². The Kier molecular flexibility index (Phi) is 1.77. The zero-order valence-electron chi connectivity index (χ0n) is 7.03. The average molecular weight is 175 g/mol. The first-order valence-corrected chi connectivity index (χ1v) is 3.79. The molecule has 0 bridgehead atoms. The lowest BCUT2D eigenvalue weighted by atomic mass is 10.2. The third-order valence-corrected chi connectivity index (χ3v) is 1.82. The summed E-state index contributed by atoms with van der Waals surface area (Å²) >= 11 is 0. The third kappa shape index (κ3) is 1.28. The molecule has 0 N–H and O–H groups in total. The Bertz CT molecular complexity index is 442. The summed E-state index contributed by atoms with van der Waals surface area (Å²) < 4.78 is 10.2. The number of methoxy groups -OCH3 is 1. The summed E-state index contributed by atoms with van der Waals surface area (Å²) in [7, 11) is 1.59. The molecule has 0 spiro atoms. The number of hydrogen-bond donors (Lipinski definition) is 0. The average Bonchev–Trinajstić information content (AvgIpc) is 2.58. The maximum absolute atomic E-state index is 10.3. The molecular formula is C10H7O3. The first kappa shape index (κ1) is 7.86. The Labute approximate surface area is 74.9 Å². The standard InChI is InChI=1S/C10H7O3/c1-12-8-2-3-10-7(4-8)5-9(6-11)13-10/h2-5H,1H3. The highest BCUT2D eigenvalue weighted by molar-refractivity contribution is 5.86. The van der Waals surface area contributed by atoms with Gasteiger partial charge in [-0.05, 0) is 24.3 Å². The molecule has 3 nitrogen and oxygen atoms in total. The quantitative estimate of drug-likeness (QED) is 0.699. The largest absolute Gasteiger partial charge is 0.497 e. The molecule has 0 saturated carbocycles. The van der Waals surface area contributed by atoms with E-state index < -0.39 is 0 Å². The van der Waals surface area contributed by atoms with Crippen LogP contribution in [0.4, 0.5) is 0 Å². The lowest BCUT2D eigenvalue weighted by Gasteiger charge is -1.96. The van der Waals surface area contributed by atoms with Crippen molar-refractivity contribution in [2.45, 2.75) is 0 Å². The van der Waals surface area contributed by atoms with E-state index in [9.17, 15) is 4.79 Å². The Morgan fingerprint density at radius 1 is 1.38 bits per heavy atom. The molecule has 0 aliphatic heterocycles. The smallest absolute Gasteiger partial charge is 0.271 e. The number of fused-ring (bicyclic) bond motifs is 1. The lowest BCUT2D eigenvalue weighted by Crippen LogP contribution is -1.79. The van der Waals surface area contributed by atoms with Crippen LogP contribution in [0.2, 0.25) is 0 Å². The minimum atomic E-state index is 0.211. The van der Waals surface area contributed by atoms with Crippen molar-refractivity contribution in [3.63, 3.8) is 0 Å². The predicted octanol–water partition coefficient (Wildman–Crippen LogP) is 1.90. The summed E-state index contributed by atoms with van der Waals surface area (Å²) in [5.41, 5.74) is 0.666. The van der Waals surface area contributed by atoms with Gasteiger partial charge in [0, 0.05) is 5.39 Å². The molecule has 0 saturated heterocycles. The van der Waals surface area contributed by atoms with Crippen molar-refractivity contribution in [2.75, 3.05) is 7.11 Å². The highest BCUT2D eigenvalue weighted by Crippen LogP contribution is 2.23. The molecule has 65 valence electrons. The van der Waals surface area contributed by atoms with Crippen LogP contribution in [0, 0.1) is 0 Å². The van der Waals surface area contributed by atoms with Gasteiger partial charge in [0.15, 0.2) is 5.76 Å². The van der Waals surface area contributed by atoms with Crippen molar-refractivity contribution >= 4 is 17.3 Å². The molecule has 2 rings (SSSR count). The Morgan fingerprint density at radius 2 is 2.23 bits per heavy atom. The fraction of sp³-hybridized carbons (Fsp3) is 0.100. The minimum absolute atomic E-state index is 0.211. The third-order valence-electron chi connectivity index (χ3n) is 1.82. The van der Waals surface area contributed by atoms with E-state index >= 15 is 0 Å². The van der Waals surface area contributed by atoms with Crippen LogP contribution in [0.25, 0.3) is 11.0 Å². The Morgan fingerprint density at radius 3 is 2.92 bits per heavy atom. The van der Waals surface area contributed by atoms with Gasteiger partial charge < -0.3 is 9.15 Å². The van der Waals surface area contributed by atoms with Crippen LogP contribution in [0.3, 0.4) is 0 Å². The molecule has 0 atom stereocenters. The topological polar surface area (TPSA) is 39.4 Å². The Balaban J connectivity index is 2.63. The van der Waals surface area contributed by atoms with Gasteiger partial charge in [-0.15, -0.1) is 0 Å². The van der Waals surface area contributed by atoms with Gasteiger partial charge >= 0.3 is 0 Å². The van der Waals surface area contributed by atoms with Crippen LogP contribution in [0.5, 0.6) is 5.75 Å². The van der Waals surface area contributed by atoms with E-state index in [-0.39, 0.29) is 5.76 Å². The molecule has 0 aliphatic carbocycles. The number of furan rings is 1. The van der Waals surface area contributed by atoms with Crippen LogP contribution in [-0.4, -0.2) is 13.4 Å². The fourth-order valence-corrected chi connectivity index (χ4v) is 1.20. The summed E-state index contributed by atoms with van der Waals surface area (Å²) in [6.07, 6.45) is 1.70. The van der Waals surface area contributed by atoms with Crippen LogP contribution in [0.1, 0.15) is 5.76 Å². The van der Waals surface area contributed by atoms with Gasteiger partial charge in [-0.2, -0.15) is 0 Å². The van der Waals surface area contributed by atoms with Gasteiger partial charge in [0.05, 0.1) is 7.11 Å². The van der Waals surface area contributed by atoms with Crippen molar-refractivity contribution in [2.24, 2.45) is 0 Å². The fourth-order valence-electron chi connectivity index (χ4n) is 1.20.